The Balaban J connectivity index is 1.60. The number of nitrogens with one attached hydrogen (secondary N) is 1. The van der Waals surface area contributed by atoms with Gasteiger partial charge >= 0.3 is 5.97 Å². The minimum absolute atomic E-state index is 0.167. The summed E-state index contributed by atoms with van der Waals surface area (Å²) in [5.41, 5.74) is 1.97. The summed E-state index contributed by atoms with van der Waals surface area (Å²) in [4.78, 5) is 28.9. The van der Waals surface area contributed by atoms with Crippen LogP contribution < -0.4 is 5.32 Å². The van der Waals surface area contributed by atoms with Crippen molar-refractivity contribution in [1.29, 1.82) is 0 Å². The molecule has 7 heteroatoms. The Morgan fingerprint density at radius 1 is 1.19 bits per heavy atom. The molecule has 2 aromatic carbocycles. The van der Waals surface area contributed by atoms with Crippen molar-refractivity contribution in [2.45, 2.75) is 25.0 Å². The molecule has 2 aromatic rings. The Morgan fingerprint density at radius 3 is 2.54 bits per heavy atom. The van der Waals surface area contributed by atoms with Gasteiger partial charge in [-0.3, -0.25) is 4.79 Å². The van der Waals surface area contributed by atoms with Crippen LogP contribution in [0.15, 0.2) is 59.8 Å². The fraction of sp³-hybridized carbons (Fsp3) is 0.211. The monoisotopic (exact) mass is 356 g/mol. The van der Waals surface area contributed by atoms with E-state index < -0.39 is 24.0 Å². The Morgan fingerprint density at radius 2 is 1.88 bits per heavy atom. The number of nitrogens with zero attached hydrogens (tertiary/aromatic N) is 1. The lowest BCUT2D eigenvalue weighted by molar-refractivity contribution is -0.143. The van der Waals surface area contributed by atoms with Gasteiger partial charge in [-0.15, -0.1) is 0 Å². The molecule has 1 aliphatic heterocycles. The first kappa shape index (κ1) is 17.6. The predicted molar refractivity (Wildman–Crippen MR) is 92.1 cm³/mol. The van der Waals surface area contributed by atoms with Crippen molar-refractivity contribution < 1.29 is 23.9 Å². The Kier molecular flexibility index (Phi) is 5.26. The third kappa shape index (κ3) is 4.24. The number of carbonyl (C=O) groups excluding carboxylic acids is 1. The van der Waals surface area contributed by atoms with Crippen molar-refractivity contribution >= 4 is 17.6 Å². The molecular weight excluding hydrogens is 339 g/mol. The molecule has 2 N–H and O–H groups in total. The highest BCUT2D eigenvalue weighted by Crippen LogP contribution is 2.17. The molecule has 0 radical (unpaired) electrons. The maximum atomic E-state index is 13.0. The first-order valence-electron chi connectivity index (χ1n) is 8.08. The normalized spacial score (nSPS) is 17.1. The summed E-state index contributed by atoms with van der Waals surface area (Å²) >= 11 is 0. The van der Waals surface area contributed by atoms with Gasteiger partial charge in [0.15, 0.2) is 0 Å². The number of halogens is 1. The van der Waals surface area contributed by atoms with Gasteiger partial charge in [0.25, 0.3) is 5.91 Å². The Labute approximate surface area is 149 Å². The largest absolute Gasteiger partial charge is 0.480 e. The fourth-order valence-electron chi connectivity index (χ4n) is 2.65. The van der Waals surface area contributed by atoms with Crippen LogP contribution in [0.1, 0.15) is 17.5 Å². The Hall–Kier alpha value is -3.22. The molecule has 0 fully saturated rings. The number of aliphatic carboxylic acids is 1. The smallest absolute Gasteiger partial charge is 0.326 e. The van der Waals surface area contributed by atoms with Crippen LogP contribution >= 0.6 is 0 Å². The first-order valence-corrected chi connectivity index (χ1v) is 8.08. The first-order chi connectivity index (χ1) is 12.5. The van der Waals surface area contributed by atoms with E-state index in [9.17, 15) is 19.1 Å². The molecule has 0 saturated heterocycles. The summed E-state index contributed by atoms with van der Waals surface area (Å²) in [7, 11) is 0. The number of carboxylic acids is 1. The molecule has 0 bridgehead atoms. The standard InChI is InChI=1S/C19H17FN2O4/c20-14-8-6-13(7-9-14)15-11-17(26-22-15)18(23)21-16(19(24)25)10-12-4-2-1-3-5-12/h1-9,16-17H,10-11H2,(H,21,23)(H,24,25)/t16-,17+/m1/s1. The van der Waals surface area contributed by atoms with E-state index in [2.05, 4.69) is 10.5 Å². The molecular formula is C19H17FN2O4. The highest BCUT2D eigenvalue weighted by molar-refractivity contribution is 6.04. The van der Waals surface area contributed by atoms with Crippen LogP contribution in [0.4, 0.5) is 4.39 Å². The molecule has 0 aromatic heterocycles. The van der Waals surface area contributed by atoms with E-state index in [-0.39, 0.29) is 18.7 Å². The van der Waals surface area contributed by atoms with Crippen molar-refractivity contribution in [3.05, 3.63) is 71.5 Å². The van der Waals surface area contributed by atoms with Crippen molar-refractivity contribution in [2.75, 3.05) is 0 Å². The van der Waals surface area contributed by atoms with E-state index in [1.54, 1.807) is 36.4 Å². The van der Waals surface area contributed by atoms with Crippen LogP contribution in [0.3, 0.4) is 0 Å². The molecule has 1 heterocycles. The van der Waals surface area contributed by atoms with Crippen molar-refractivity contribution in [1.82, 2.24) is 5.32 Å². The second-order valence-electron chi connectivity index (χ2n) is 5.93. The van der Waals surface area contributed by atoms with Crippen LogP contribution in [0.5, 0.6) is 0 Å². The Bertz CT molecular complexity index is 821. The molecule has 6 nitrogen and oxygen atoms in total. The van der Waals surface area contributed by atoms with Gasteiger partial charge in [0, 0.05) is 12.8 Å². The summed E-state index contributed by atoms with van der Waals surface area (Å²) in [5, 5.41) is 15.7. The number of hydrogen-bond donors (Lipinski definition) is 2. The highest BCUT2D eigenvalue weighted by Gasteiger charge is 2.32. The summed E-state index contributed by atoms with van der Waals surface area (Å²) in [5.74, 6) is -2.04. The van der Waals surface area contributed by atoms with Gasteiger partial charge in [-0.1, -0.05) is 47.6 Å². The van der Waals surface area contributed by atoms with Gasteiger partial charge < -0.3 is 15.3 Å². The summed E-state index contributed by atoms with van der Waals surface area (Å²) in [6.07, 6.45) is -0.553. The summed E-state index contributed by atoms with van der Waals surface area (Å²) in [6, 6.07) is 13.7. The molecule has 3 rings (SSSR count). The summed E-state index contributed by atoms with van der Waals surface area (Å²) < 4.78 is 13.0. The molecule has 134 valence electrons. The number of rotatable bonds is 6. The number of amides is 1. The van der Waals surface area contributed by atoms with Crippen LogP contribution in [0, 0.1) is 5.82 Å². The van der Waals surface area contributed by atoms with Crippen LogP contribution in [-0.2, 0) is 20.8 Å². The van der Waals surface area contributed by atoms with Gasteiger partial charge in [0.05, 0.1) is 5.71 Å². The lowest BCUT2D eigenvalue weighted by Crippen LogP contribution is -2.46. The van der Waals surface area contributed by atoms with E-state index >= 15 is 0 Å². The minimum atomic E-state index is -1.13. The maximum Gasteiger partial charge on any atom is 0.326 e. The average molecular weight is 356 g/mol. The lowest BCUT2D eigenvalue weighted by atomic mass is 10.0. The van der Waals surface area contributed by atoms with E-state index in [1.807, 2.05) is 6.07 Å². The zero-order valence-corrected chi connectivity index (χ0v) is 13.8. The van der Waals surface area contributed by atoms with E-state index in [1.165, 1.54) is 12.1 Å². The highest BCUT2D eigenvalue weighted by atomic mass is 19.1. The number of hydrogen-bond acceptors (Lipinski definition) is 4. The number of carbonyl (C=O) groups is 2. The second-order valence-corrected chi connectivity index (χ2v) is 5.93. The van der Waals surface area contributed by atoms with Crippen LogP contribution in [0.25, 0.3) is 0 Å². The molecule has 0 aliphatic carbocycles. The summed E-state index contributed by atoms with van der Waals surface area (Å²) in [6.45, 7) is 0. The molecule has 0 unspecified atom stereocenters. The van der Waals surface area contributed by atoms with E-state index in [0.717, 1.165) is 5.56 Å². The van der Waals surface area contributed by atoms with E-state index in [0.29, 0.717) is 11.3 Å². The number of benzene rings is 2. The van der Waals surface area contributed by atoms with Gasteiger partial charge in [-0.05, 0) is 23.3 Å². The zero-order chi connectivity index (χ0) is 18.5. The molecule has 0 saturated carbocycles. The second kappa shape index (κ2) is 7.77. The van der Waals surface area contributed by atoms with Crippen LogP contribution in [-0.4, -0.2) is 34.8 Å². The van der Waals surface area contributed by atoms with Crippen molar-refractivity contribution in [3.8, 4) is 0 Å². The fourth-order valence-corrected chi connectivity index (χ4v) is 2.65. The van der Waals surface area contributed by atoms with Gasteiger partial charge in [-0.25, -0.2) is 9.18 Å². The van der Waals surface area contributed by atoms with Gasteiger partial charge in [0.2, 0.25) is 6.10 Å². The third-order valence-electron chi connectivity index (χ3n) is 4.04. The van der Waals surface area contributed by atoms with Crippen molar-refractivity contribution in [3.63, 3.8) is 0 Å². The molecule has 0 spiro atoms. The molecule has 2 atom stereocenters. The van der Waals surface area contributed by atoms with Crippen molar-refractivity contribution in [2.24, 2.45) is 5.16 Å². The van der Waals surface area contributed by atoms with Gasteiger partial charge in [-0.2, -0.15) is 0 Å². The number of carboxylic acid groups (broad SMARTS) is 1. The zero-order valence-electron chi connectivity index (χ0n) is 13.8. The van der Waals surface area contributed by atoms with E-state index in [4.69, 9.17) is 4.84 Å². The minimum Gasteiger partial charge on any atom is -0.480 e. The molecule has 1 amide bonds. The average Bonchev–Trinajstić information content (AvgIpc) is 3.13. The predicted octanol–water partition coefficient (Wildman–Crippen LogP) is 2.13. The quantitative estimate of drug-likeness (QED) is 0.830. The van der Waals surface area contributed by atoms with Gasteiger partial charge in [0.1, 0.15) is 11.9 Å². The maximum absolute atomic E-state index is 13.0. The topological polar surface area (TPSA) is 88.0 Å². The number of oxime groups is 1. The lowest BCUT2D eigenvalue weighted by Gasteiger charge is -2.16. The molecule has 26 heavy (non-hydrogen) atoms. The molecule has 1 aliphatic rings. The SMILES string of the molecule is O=C(N[C@H](Cc1ccccc1)C(=O)O)[C@@H]1CC(c2ccc(F)cc2)=NO1. The van der Waals surface area contributed by atoms with Crippen LogP contribution in [0.2, 0.25) is 0 Å². The third-order valence-corrected chi connectivity index (χ3v) is 4.04.